The molecule has 2 aliphatic heterocycles. The van der Waals surface area contributed by atoms with Crippen LogP contribution in [-0.4, -0.2) is 51.4 Å². The molecule has 3 amide bonds. The largest absolute Gasteiger partial charge is 0.346 e. The molecule has 2 heterocycles. The second kappa shape index (κ2) is 8.87. The molecule has 0 saturated carbocycles. The van der Waals surface area contributed by atoms with Crippen LogP contribution in [0.1, 0.15) is 11.9 Å². The van der Waals surface area contributed by atoms with Gasteiger partial charge in [-0.15, -0.1) is 0 Å². The maximum atomic E-state index is 12.9. The first-order chi connectivity index (χ1) is 15.3. The van der Waals surface area contributed by atoms with E-state index >= 15 is 0 Å². The van der Waals surface area contributed by atoms with Gasteiger partial charge in [0.05, 0.1) is 18.1 Å². The van der Waals surface area contributed by atoms with Gasteiger partial charge in [0.15, 0.2) is 11.0 Å². The highest BCUT2D eigenvalue weighted by Crippen LogP contribution is 2.42. The number of amides is 3. The Labute approximate surface area is 190 Å². The second-order valence-electron chi connectivity index (χ2n) is 7.11. The van der Waals surface area contributed by atoms with E-state index in [1.807, 2.05) is 0 Å². The number of imide groups is 1. The molecule has 2 aromatic carbocycles. The Kier molecular flexibility index (Phi) is 6.15. The predicted molar refractivity (Wildman–Crippen MR) is 115 cm³/mol. The third-order valence-corrected chi connectivity index (χ3v) is 6.33. The van der Waals surface area contributed by atoms with Crippen molar-refractivity contribution in [3.8, 4) is 0 Å². The van der Waals surface area contributed by atoms with E-state index in [1.54, 1.807) is 24.3 Å². The van der Waals surface area contributed by atoms with E-state index in [1.165, 1.54) is 24.3 Å². The summed E-state index contributed by atoms with van der Waals surface area (Å²) in [5, 5.41) is 13.3. The van der Waals surface area contributed by atoms with Gasteiger partial charge in [-0.3, -0.25) is 29.4 Å². The van der Waals surface area contributed by atoms with Crippen LogP contribution in [0.25, 0.3) is 0 Å². The number of nitrogens with zero attached hydrogens (tertiary/aromatic N) is 2. The van der Waals surface area contributed by atoms with Crippen LogP contribution in [0.2, 0.25) is 5.02 Å². The Balaban J connectivity index is 1.37. The minimum absolute atomic E-state index is 0.0688. The molecule has 12 heteroatoms. The maximum absolute atomic E-state index is 12.9. The molecule has 0 unspecified atom stereocenters. The van der Waals surface area contributed by atoms with Crippen LogP contribution in [0.5, 0.6) is 0 Å². The molecule has 0 aromatic heterocycles. The van der Waals surface area contributed by atoms with Gasteiger partial charge in [0.2, 0.25) is 5.91 Å². The van der Waals surface area contributed by atoms with Gasteiger partial charge in [-0.25, -0.2) is 0 Å². The molecule has 0 radical (unpaired) electrons. The molecule has 2 aromatic rings. The fraction of sp³-hybridized carbons (Fsp3) is 0.250. The van der Waals surface area contributed by atoms with Gasteiger partial charge < -0.3 is 14.8 Å². The number of ether oxygens (including phenoxy) is 2. The number of hydrogen-bond acceptors (Lipinski definition) is 8. The number of nitro groups is 1. The third-order valence-electron chi connectivity index (χ3n) is 4.88. The van der Waals surface area contributed by atoms with Crippen molar-refractivity contribution in [2.75, 3.05) is 25.1 Å². The fourth-order valence-electron chi connectivity index (χ4n) is 3.25. The Morgan fingerprint density at radius 3 is 2.38 bits per heavy atom. The maximum Gasteiger partial charge on any atom is 0.290 e. The van der Waals surface area contributed by atoms with Crippen molar-refractivity contribution in [2.45, 2.75) is 11.0 Å². The summed E-state index contributed by atoms with van der Waals surface area (Å²) in [5.41, 5.74) is 0.961. The van der Waals surface area contributed by atoms with Gasteiger partial charge in [-0.05, 0) is 48.2 Å². The quantitative estimate of drug-likeness (QED) is 0.512. The van der Waals surface area contributed by atoms with Crippen molar-refractivity contribution in [1.82, 2.24) is 4.90 Å². The van der Waals surface area contributed by atoms with E-state index in [2.05, 4.69) is 5.32 Å². The molecule has 166 valence electrons. The summed E-state index contributed by atoms with van der Waals surface area (Å²) >= 11 is 6.57. The Morgan fingerprint density at radius 2 is 1.78 bits per heavy atom. The predicted octanol–water partition coefficient (Wildman–Crippen LogP) is 3.37. The molecular weight excluding hydrogens is 462 g/mol. The molecule has 10 nitrogen and oxygen atoms in total. The average molecular weight is 478 g/mol. The van der Waals surface area contributed by atoms with Crippen LogP contribution in [0.15, 0.2) is 48.5 Å². The second-order valence-corrected chi connectivity index (χ2v) is 8.88. The number of non-ortho nitro benzene ring substituents is 1. The molecule has 4 rings (SSSR count). The zero-order valence-corrected chi connectivity index (χ0v) is 17.9. The first-order valence-electron chi connectivity index (χ1n) is 9.35. The fourth-order valence-corrected chi connectivity index (χ4v) is 4.42. The minimum Gasteiger partial charge on any atom is -0.346 e. The molecule has 2 saturated heterocycles. The first-order valence-corrected chi connectivity index (χ1v) is 10.5. The molecule has 0 atom stereocenters. The van der Waals surface area contributed by atoms with Gasteiger partial charge in [0, 0.05) is 28.4 Å². The van der Waals surface area contributed by atoms with Crippen molar-refractivity contribution < 1.29 is 28.8 Å². The molecule has 2 fully saturated rings. The van der Waals surface area contributed by atoms with Crippen LogP contribution in [-0.2, 0) is 19.1 Å². The first kappa shape index (κ1) is 22.2. The van der Waals surface area contributed by atoms with Crippen LogP contribution in [0.3, 0.4) is 0 Å². The average Bonchev–Trinajstić information content (AvgIpc) is 3.00. The van der Waals surface area contributed by atoms with Gasteiger partial charge in [0.1, 0.15) is 6.54 Å². The molecule has 1 N–H and O–H groups in total. The summed E-state index contributed by atoms with van der Waals surface area (Å²) in [6.07, 6.45) is -0.827. The number of hydrogen-bond donors (Lipinski definition) is 1. The van der Waals surface area contributed by atoms with Gasteiger partial charge >= 0.3 is 0 Å². The number of halogens is 1. The highest BCUT2D eigenvalue weighted by molar-refractivity contribution is 8.16. The molecule has 0 aliphatic carbocycles. The number of rotatable bonds is 5. The molecule has 32 heavy (non-hydrogen) atoms. The Hall–Kier alpha value is -2.99. The normalized spacial score (nSPS) is 22.9. The SMILES string of the molecule is O=C(CN1C(=O)SC2(COC(c3ccc([N+](=O)[O-])cc3)OC2)C1=O)Nc1ccc(Cl)cc1. The van der Waals surface area contributed by atoms with Crippen molar-refractivity contribution in [3.63, 3.8) is 0 Å². The zero-order valence-electron chi connectivity index (χ0n) is 16.4. The number of benzene rings is 2. The minimum atomic E-state index is -1.28. The van der Waals surface area contributed by atoms with Crippen molar-refractivity contribution >= 4 is 51.8 Å². The summed E-state index contributed by atoms with van der Waals surface area (Å²) in [7, 11) is 0. The number of carbonyl (C=O) groups excluding carboxylic acids is 3. The summed E-state index contributed by atoms with van der Waals surface area (Å²) in [4.78, 5) is 48.8. The Morgan fingerprint density at radius 1 is 1.16 bits per heavy atom. The standard InChI is InChI=1S/C20H16ClN3O7S/c21-13-3-5-14(6-4-13)22-16(25)9-23-18(26)20(32-19(23)27)10-30-17(31-11-20)12-1-7-15(8-2-12)24(28)29/h1-8,17H,9-11H2,(H,22,25). The number of nitrogens with one attached hydrogen (secondary N) is 1. The number of nitro benzene ring substituents is 1. The lowest BCUT2D eigenvalue weighted by Crippen LogP contribution is -2.50. The van der Waals surface area contributed by atoms with Gasteiger partial charge in [0.25, 0.3) is 16.8 Å². The van der Waals surface area contributed by atoms with E-state index < -0.39 is 39.6 Å². The van der Waals surface area contributed by atoms with Crippen LogP contribution < -0.4 is 5.32 Å². The highest BCUT2D eigenvalue weighted by Gasteiger charge is 2.56. The molecular formula is C20H16ClN3O7S. The lowest BCUT2D eigenvalue weighted by molar-refractivity contribution is -0.384. The van der Waals surface area contributed by atoms with E-state index in [4.69, 9.17) is 21.1 Å². The van der Waals surface area contributed by atoms with Gasteiger partial charge in [-0.2, -0.15) is 0 Å². The van der Waals surface area contributed by atoms with Crippen molar-refractivity contribution in [1.29, 1.82) is 0 Å². The van der Waals surface area contributed by atoms with E-state index in [-0.39, 0.29) is 18.9 Å². The van der Waals surface area contributed by atoms with Crippen LogP contribution in [0.4, 0.5) is 16.2 Å². The van der Waals surface area contributed by atoms with Crippen molar-refractivity contribution in [2.24, 2.45) is 0 Å². The van der Waals surface area contributed by atoms with Crippen molar-refractivity contribution in [3.05, 3.63) is 69.2 Å². The smallest absolute Gasteiger partial charge is 0.290 e. The summed E-state index contributed by atoms with van der Waals surface area (Å²) in [5.74, 6) is -1.10. The van der Waals surface area contributed by atoms with Crippen LogP contribution >= 0.6 is 23.4 Å². The zero-order chi connectivity index (χ0) is 22.9. The number of carbonyl (C=O) groups is 3. The summed E-state index contributed by atoms with van der Waals surface area (Å²) in [6.45, 7) is -0.667. The summed E-state index contributed by atoms with van der Waals surface area (Å²) < 4.78 is 10.0. The van der Waals surface area contributed by atoms with E-state index in [0.29, 0.717) is 16.3 Å². The molecule has 1 spiro atoms. The Bertz CT molecular complexity index is 1070. The summed E-state index contributed by atoms with van der Waals surface area (Å²) in [6, 6.07) is 12.1. The number of anilines is 1. The lowest BCUT2D eigenvalue weighted by atomic mass is 10.1. The topological polar surface area (TPSA) is 128 Å². The molecule has 2 aliphatic rings. The van der Waals surface area contributed by atoms with Crippen LogP contribution in [0, 0.1) is 10.1 Å². The number of thioether (sulfide) groups is 1. The van der Waals surface area contributed by atoms with E-state index in [0.717, 1.165) is 16.7 Å². The highest BCUT2D eigenvalue weighted by atomic mass is 35.5. The van der Waals surface area contributed by atoms with E-state index in [9.17, 15) is 24.5 Å². The third kappa shape index (κ3) is 4.46. The lowest BCUT2D eigenvalue weighted by Gasteiger charge is -2.34. The van der Waals surface area contributed by atoms with Gasteiger partial charge in [-0.1, -0.05) is 11.6 Å². The monoisotopic (exact) mass is 477 g/mol. The molecule has 0 bridgehead atoms.